The quantitative estimate of drug-likeness (QED) is 0.670. The molecule has 4 rings (SSSR count). The highest BCUT2D eigenvalue weighted by atomic mass is 32.1. The molecule has 2 aliphatic heterocycles. The van der Waals surface area contributed by atoms with Crippen molar-refractivity contribution in [2.24, 2.45) is 5.41 Å². The van der Waals surface area contributed by atoms with Gasteiger partial charge in [0, 0.05) is 30.4 Å². The molecule has 20 heavy (non-hydrogen) atoms. The summed E-state index contributed by atoms with van der Waals surface area (Å²) in [6, 6.07) is 0. The smallest absolute Gasteiger partial charge is 0.358 e. The van der Waals surface area contributed by atoms with Crippen molar-refractivity contribution < 1.29 is 4.92 Å². The Kier molecular flexibility index (Phi) is 2.52. The summed E-state index contributed by atoms with van der Waals surface area (Å²) in [6.07, 6.45) is 3.96. The monoisotopic (exact) mass is 293 g/mol. The Hall–Kier alpha value is -1.67. The molecule has 1 N–H and O–H groups in total. The lowest BCUT2D eigenvalue weighted by Gasteiger charge is -2.22. The van der Waals surface area contributed by atoms with Crippen molar-refractivity contribution >= 4 is 27.9 Å². The summed E-state index contributed by atoms with van der Waals surface area (Å²) in [5.41, 5.74) is 0.283. The maximum Gasteiger partial charge on any atom is 0.373 e. The molecule has 0 aliphatic carbocycles. The number of hydrogen-bond acceptors (Lipinski definition) is 6. The van der Waals surface area contributed by atoms with Gasteiger partial charge in [0.05, 0.1) is 0 Å². The first-order valence-electron chi connectivity index (χ1n) is 6.74. The molecular formula is C12H15N5O2S. The Morgan fingerprint density at radius 1 is 1.50 bits per heavy atom. The lowest BCUT2D eigenvalue weighted by Crippen LogP contribution is -2.29. The molecule has 0 radical (unpaired) electrons. The van der Waals surface area contributed by atoms with E-state index in [1.54, 1.807) is 10.6 Å². The van der Waals surface area contributed by atoms with Crippen LogP contribution in [0.3, 0.4) is 0 Å². The molecular weight excluding hydrogens is 278 g/mol. The molecule has 1 unspecified atom stereocenters. The Balaban J connectivity index is 1.73. The van der Waals surface area contributed by atoms with Crippen molar-refractivity contribution in [3.63, 3.8) is 0 Å². The van der Waals surface area contributed by atoms with Crippen LogP contribution < -0.4 is 10.2 Å². The van der Waals surface area contributed by atoms with Crippen LogP contribution in [0.2, 0.25) is 0 Å². The number of hydrogen-bond donors (Lipinski definition) is 1. The van der Waals surface area contributed by atoms with Crippen LogP contribution in [0, 0.1) is 15.5 Å². The number of rotatable bonds is 2. The minimum absolute atomic E-state index is 0.101. The van der Waals surface area contributed by atoms with E-state index in [2.05, 4.69) is 15.2 Å². The Morgan fingerprint density at radius 3 is 3.15 bits per heavy atom. The Labute approximate surface area is 119 Å². The number of anilines is 1. The third-order valence-corrected chi connectivity index (χ3v) is 5.22. The van der Waals surface area contributed by atoms with Gasteiger partial charge in [-0.25, -0.2) is 0 Å². The van der Waals surface area contributed by atoms with Crippen LogP contribution in [0.4, 0.5) is 11.6 Å². The van der Waals surface area contributed by atoms with Crippen molar-refractivity contribution in [1.29, 1.82) is 0 Å². The topological polar surface area (TPSA) is 75.7 Å². The van der Waals surface area contributed by atoms with Crippen LogP contribution in [0.1, 0.15) is 12.8 Å². The minimum atomic E-state index is -0.319. The second-order valence-corrected chi connectivity index (χ2v) is 6.54. The highest BCUT2D eigenvalue weighted by Gasteiger charge is 2.43. The van der Waals surface area contributed by atoms with E-state index >= 15 is 0 Å². The Morgan fingerprint density at radius 2 is 2.40 bits per heavy atom. The van der Waals surface area contributed by atoms with Gasteiger partial charge in [0.2, 0.25) is 5.82 Å². The largest absolute Gasteiger partial charge is 0.373 e. The lowest BCUT2D eigenvalue weighted by molar-refractivity contribution is -0.389. The zero-order valence-electron chi connectivity index (χ0n) is 10.9. The van der Waals surface area contributed by atoms with Crippen molar-refractivity contribution in [1.82, 2.24) is 14.7 Å². The van der Waals surface area contributed by atoms with Gasteiger partial charge in [-0.1, -0.05) is 11.3 Å². The van der Waals surface area contributed by atoms with E-state index in [0.29, 0.717) is 10.8 Å². The maximum atomic E-state index is 11.4. The predicted octanol–water partition coefficient (Wildman–Crippen LogP) is 1.49. The number of aromatic nitrogens is 2. The Bertz CT molecular complexity index is 672. The molecule has 7 nitrogen and oxygen atoms in total. The average Bonchev–Trinajstić information content (AvgIpc) is 3.14. The second kappa shape index (κ2) is 4.16. The molecule has 1 spiro atoms. The third-order valence-electron chi connectivity index (χ3n) is 4.46. The summed E-state index contributed by atoms with van der Waals surface area (Å²) in [7, 11) is 0. The van der Waals surface area contributed by atoms with Crippen LogP contribution in [0.25, 0.3) is 4.96 Å². The standard InChI is InChI=1S/C12H15N5O2S/c18-17(19)10-9(14-11-16(10)5-6-20-11)15-4-2-12(8-15)1-3-13-7-12/h5-6,13H,1-4,7-8H2. The molecule has 8 heteroatoms. The number of nitrogens with zero attached hydrogens (tertiary/aromatic N) is 4. The van der Waals surface area contributed by atoms with Gasteiger partial charge < -0.3 is 20.3 Å². The number of fused-ring (bicyclic) bond motifs is 1. The highest BCUT2D eigenvalue weighted by Crippen LogP contribution is 2.41. The van der Waals surface area contributed by atoms with Crippen LogP contribution in [0.5, 0.6) is 0 Å². The number of nitrogens with one attached hydrogen (secondary N) is 1. The van der Waals surface area contributed by atoms with Gasteiger partial charge in [-0.15, -0.1) is 0 Å². The van der Waals surface area contributed by atoms with Crippen molar-refractivity contribution in [2.75, 3.05) is 31.1 Å². The fraction of sp³-hybridized carbons (Fsp3) is 0.583. The summed E-state index contributed by atoms with van der Waals surface area (Å²) in [5, 5.41) is 16.6. The molecule has 106 valence electrons. The van der Waals surface area contributed by atoms with Crippen molar-refractivity contribution in [3.05, 3.63) is 21.7 Å². The van der Waals surface area contributed by atoms with Gasteiger partial charge in [0.1, 0.15) is 6.20 Å². The summed E-state index contributed by atoms with van der Waals surface area (Å²) in [5.74, 6) is 0.634. The predicted molar refractivity (Wildman–Crippen MR) is 76.5 cm³/mol. The normalized spacial score (nSPS) is 26.1. The maximum absolute atomic E-state index is 11.4. The van der Waals surface area contributed by atoms with Gasteiger partial charge in [0.25, 0.3) is 4.96 Å². The van der Waals surface area contributed by atoms with Gasteiger partial charge in [0.15, 0.2) is 0 Å². The first-order chi connectivity index (χ1) is 9.69. The first-order valence-corrected chi connectivity index (χ1v) is 7.62. The average molecular weight is 293 g/mol. The van der Waals surface area contributed by atoms with Gasteiger partial charge in [-0.05, 0) is 24.3 Å². The molecule has 0 aromatic carbocycles. The summed E-state index contributed by atoms with van der Waals surface area (Å²) < 4.78 is 1.58. The van der Waals surface area contributed by atoms with Crippen molar-refractivity contribution in [3.8, 4) is 0 Å². The molecule has 4 heterocycles. The number of imidazole rings is 1. The fourth-order valence-corrected chi connectivity index (χ4v) is 4.11. The zero-order valence-corrected chi connectivity index (χ0v) is 11.7. The van der Waals surface area contributed by atoms with E-state index in [4.69, 9.17) is 0 Å². The van der Waals surface area contributed by atoms with Crippen LogP contribution >= 0.6 is 11.3 Å². The number of thiazole rings is 1. The zero-order chi connectivity index (χ0) is 13.7. The SMILES string of the molecule is O=[N+]([O-])c1c(N2CCC3(CCNC3)C2)nc2sccn12. The van der Waals surface area contributed by atoms with E-state index < -0.39 is 0 Å². The van der Waals surface area contributed by atoms with Gasteiger partial charge >= 0.3 is 5.82 Å². The van der Waals surface area contributed by atoms with E-state index in [9.17, 15) is 10.1 Å². The lowest BCUT2D eigenvalue weighted by atomic mass is 9.87. The molecule has 2 aromatic heterocycles. The fourth-order valence-electron chi connectivity index (χ4n) is 3.40. The van der Waals surface area contributed by atoms with Crippen molar-refractivity contribution in [2.45, 2.75) is 12.8 Å². The molecule has 2 aliphatic rings. The van der Waals surface area contributed by atoms with Crippen LogP contribution in [-0.4, -0.2) is 40.5 Å². The third kappa shape index (κ3) is 1.64. The van der Waals surface area contributed by atoms with E-state index in [-0.39, 0.29) is 16.2 Å². The summed E-state index contributed by atoms with van der Waals surface area (Å²) >= 11 is 1.43. The first kappa shape index (κ1) is 12.1. The van der Waals surface area contributed by atoms with Gasteiger partial charge in [-0.2, -0.15) is 9.38 Å². The minimum Gasteiger partial charge on any atom is -0.358 e. The molecule has 0 saturated carbocycles. The highest BCUT2D eigenvalue weighted by molar-refractivity contribution is 7.15. The van der Waals surface area contributed by atoms with E-state index in [0.717, 1.165) is 39.0 Å². The molecule has 0 amide bonds. The van der Waals surface area contributed by atoms with Crippen LogP contribution in [0.15, 0.2) is 11.6 Å². The molecule has 1 atom stereocenters. The summed E-state index contributed by atoms with van der Waals surface area (Å²) in [4.78, 5) is 18.3. The molecule has 0 bridgehead atoms. The van der Waals surface area contributed by atoms with Crippen LogP contribution in [-0.2, 0) is 0 Å². The molecule has 2 aromatic rings. The molecule has 2 fully saturated rings. The summed E-state index contributed by atoms with van der Waals surface area (Å²) in [6.45, 7) is 3.78. The van der Waals surface area contributed by atoms with E-state index in [1.807, 2.05) is 5.38 Å². The van der Waals surface area contributed by atoms with Gasteiger partial charge in [-0.3, -0.25) is 0 Å². The van der Waals surface area contributed by atoms with E-state index in [1.165, 1.54) is 11.3 Å². The molecule has 2 saturated heterocycles. The number of nitro groups is 1. The second-order valence-electron chi connectivity index (χ2n) is 5.67.